The highest BCUT2D eigenvalue weighted by Crippen LogP contribution is 2.46. The van der Waals surface area contributed by atoms with Gasteiger partial charge in [-0.25, -0.2) is 4.39 Å². The van der Waals surface area contributed by atoms with E-state index < -0.39 is 0 Å². The molecule has 0 amide bonds. The Hall–Kier alpha value is -2.03. The lowest BCUT2D eigenvalue weighted by molar-refractivity contribution is 0.100. The lowest BCUT2D eigenvalue weighted by Crippen LogP contribution is -2.30. The summed E-state index contributed by atoms with van der Waals surface area (Å²) in [5, 5.41) is 0. The summed E-state index contributed by atoms with van der Waals surface area (Å²) in [6.45, 7) is 0.356. The van der Waals surface area contributed by atoms with Crippen molar-refractivity contribution in [3.05, 3.63) is 58.4 Å². The van der Waals surface area contributed by atoms with E-state index in [1.165, 1.54) is 36.8 Å². The predicted octanol–water partition coefficient (Wildman–Crippen LogP) is 5.14. The highest BCUT2D eigenvalue weighted by molar-refractivity contribution is 5.47. The van der Waals surface area contributed by atoms with E-state index >= 15 is 0 Å². The zero-order valence-electron chi connectivity index (χ0n) is 14.4. The van der Waals surface area contributed by atoms with Gasteiger partial charge in [-0.05, 0) is 80.3 Å². The zero-order chi connectivity index (χ0) is 16.9. The van der Waals surface area contributed by atoms with Crippen molar-refractivity contribution in [2.24, 2.45) is 0 Å². The van der Waals surface area contributed by atoms with Crippen LogP contribution in [0, 0.1) is 5.82 Å². The molecule has 1 aliphatic heterocycles. The first-order valence-electron chi connectivity index (χ1n) is 9.46. The number of aryl methyl sites for hydroxylation is 2. The average molecular weight is 338 g/mol. The lowest BCUT2D eigenvalue weighted by Gasteiger charge is -2.23. The van der Waals surface area contributed by atoms with Gasteiger partial charge in [0.25, 0.3) is 0 Å². The quantitative estimate of drug-likeness (QED) is 0.771. The van der Waals surface area contributed by atoms with E-state index in [1.807, 2.05) is 6.07 Å². The topological polar surface area (TPSA) is 18.5 Å². The molecular formula is C22H23FO2. The Bertz CT molecular complexity index is 821. The van der Waals surface area contributed by atoms with Crippen molar-refractivity contribution < 1.29 is 13.9 Å². The SMILES string of the molecule is Fc1cc(COc2ccc3c(c2)CCC3)c2c(c1)CC1(CCCC1)O2. The fraction of sp³-hybridized carbons (Fsp3) is 0.455. The van der Waals surface area contributed by atoms with Gasteiger partial charge in [-0.1, -0.05) is 6.07 Å². The third-order valence-corrected chi connectivity index (χ3v) is 6.02. The van der Waals surface area contributed by atoms with E-state index in [1.54, 1.807) is 12.1 Å². The molecule has 5 rings (SSSR count). The molecule has 0 radical (unpaired) electrons. The summed E-state index contributed by atoms with van der Waals surface area (Å²) in [4.78, 5) is 0. The number of fused-ring (bicyclic) bond motifs is 2. The molecule has 2 nitrogen and oxygen atoms in total. The maximum absolute atomic E-state index is 14.1. The summed E-state index contributed by atoms with van der Waals surface area (Å²) in [7, 11) is 0. The van der Waals surface area contributed by atoms with E-state index in [-0.39, 0.29) is 11.4 Å². The maximum atomic E-state index is 14.1. The smallest absolute Gasteiger partial charge is 0.130 e. The highest BCUT2D eigenvalue weighted by atomic mass is 19.1. The van der Waals surface area contributed by atoms with Crippen LogP contribution in [0.4, 0.5) is 4.39 Å². The summed E-state index contributed by atoms with van der Waals surface area (Å²) in [6.07, 6.45) is 8.94. The van der Waals surface area contributed by atoms with Crippen LogP contribution >= 0.6 is 0 Å². The Morgan fingerprint density at radius 2 is 1.80 bits per heavy atom. The Morgan fingerprint density at radius 1 is 0.960 bits per heavy atom. The fourth-order valence-electron chi connectivity index (χ4n) is 4.78. The van der Waals surface area contributed by atoms with E-state index in [9.17, 15) is 4.39 Å². The average Bonchev–Trinajstić information content (AvgIpc) is 3.32. The molecule has 0 aromatic heterocycles. The molecule has 3 aliphatic rings. The van der Waals surface area contributed by atoms with Crippen LogP contribution in [0.2, 0.25) is 0 Å². The van der Waals surface area contributed by atoms with Crippen molar-refractivity contribution in [2.75, 3.05) is 0 Å². The normalized spacial score (nSPS) is 19.7. The van der Waals surface area contributed by atoms with Gasteiger partial charge >= 0.3 is 0 Å². The Kier molecular flexibility index (Phi) is 3.51. The second kappa shape index (κ2) is 5.76. The standard InChI is InChI=1S/C22H23FO2/c23-19-10-17-13-22(8-1-2-9-22)25-21(17)18(11-19)14-24-20-7-6-15-4-3-5-16(15)12-20/h6-7,10-12H,1-5,8-9,13-14H2. The van der Waals surface area contributed by atoms with Gasteiger partial charge in [-0.15, -0.1) is 0 Å². The van der Waals surface area contributed by atoms with Crippen molar-refractivity contribution in [2.45, 2.75) is 63.6 Å². The number of hydrogen-bond acceptors (Lipinski definition) is 2. The number of rotatable bonds is 3. The van der Waals surface area contributed by atoms with Crippen molar-refractivity contribution in [1.29, 1.82) is 0 Å². The van der Waals surface area contributed by atoms with Gasteiger partial charge in [0.15, 0.2) is 0 Å². The fourth-order valence-corrected chi connectivity index (χ4v) is 4.78. The minimum Gasteiger partial charge on any atom is -0.489 e. The molecule has 2 aliphatic carbocycles. The van der Waals surface area contributed by atoms with Crippen LogP contribution in [-0.2, 0) is 25.9 Å². The molecule has 2 aromatic rings. The molecule has 1 saturated carbocycles. The number of hydrogen-bond donors (Lipinski definition) is 0. The molecule has 0 bridgehead atoms. The Morgan fingerprint density at radius 3 is 2.68 bits per heavy atom. The molecule has 130 valence electrons. The van der Waals surface area contributed by atoms with Crippen molar-refractivity contribution >= 4 is 0 Å². The van der Waals surface area contributed by atoms with Crippen LogP contribution in [0.25, 0.3) is 0 Å². The summed E-state index contributed by atoms with van der Waals surface area (Å²) < 4.78 is 26.5. The molecule has 0 unspecified atom stereocenters. The van der Waals surface area contributed by atoms with Gasteiger partial charge < -0.3 is 9.47 Å². The minimum atomic E-state index is -0.190. The molecule has 1 fully saturated rings. The largest absolute Gasteiger partial charge is 0.489 e. The third-order valence-electron chi connectivity index (χ3n) is 6.02. The molecule has 1 heterocycles. The van der Waals surface area contributed by atoms with Gasteiger partial charge in [0, 0.05) is 17.5 Å². The van der Waals surface area contributed by atoms with Crippen molar-refractivity contribution in [3.63, 3.8) is 0 Å². The summed E-state index contributed by atoms with van der Waals surface area (Å²) >= 11 is 0. The van der Waals surface area contributed by atoms with E-state index in [0.717, 1.165) is 48.3 Å². The molecule has 3 heteroatoms. The number of ether oxygens (including phenoxy) is 2. The van der Waals surface area contributed by atoms with Gasteiger partial charge in [-0.3, -0.25) is 0 Å². The van der Waals surface area contributed by atoms with E-state index in [2.05, 4.69) is 12.1 Å². The molecule has 2 aromatic carbocycles. The lowest BCUT2D eigenvalue weighted by atomic mass is 9.95. The molecule has 1 spiro atoms. The van der Waals surface area contributed by atoms with Gasteiger partial charge in [0.2, 0.25) is 0 Å². The minimum absolute atomic E-state index is 0.0849. The van der Waals surface area contributed by atoms with Crippen LogP contribution in [0.1, 0.15) is 54.4 Å². The first-order valence-corrected chi connectivity index (χ1v) is 9.46. The van der Waals surface area contributed by atoms with Crippen molar-refractivity contribution in [3.8, 4) is 11.5 Å². The van der Waals surface area contributed by atoms with Crippen LogP contribution in [0.3, 0.4) is 0 Å². The summed E-state index contributed by atoms with van der Waals surface area (Å²) in [5.41, 5.74) is 4.58. The van der Waals surface area contributed by atoms with Gasteiger partial charge in [0.05, 0.1) is 0 Å². The Labute approximate surface area is 148 Å². The second-order valence-electron chi connectivity index (χ2n) is 7.79. The van der Waals surface area contributed by atoms with Crippen molar-refractivity contribution in [1.82, 2.24) is 0 Å². The monoisotopic (exact) mass is 338 g/mol. The van der Waals surface area contributed by atoms with Crippen LogP contribution < -0.4 is 9.47 Å². The molecule has 0 N–H and O–H groups in total. The zero-order valence-corrected chi connectivity index (χ0v) is 14.4. The van der Waals surface area contributed by atoms with Gasteiger partial charge in [-0.2, -0.15) is 0 Å². The van der Waals surface area contributed by atoms with Crippen LogP contribution in [0.5, 0.6) is 11.5 Å². The third kappa shape index (κ3) is 2.70. The second-order valence-corrected chi connectivity index (χ2v) is 7.79. The Balaban J connectivity index is 1.38. The molecular weight excluding hydrogens is 315 g/mol. The van der Waals surface area contributed by atoms with Crippen LogP contribution in [0.15, 0.2) is 30.3 Å². The highest BCUT2D eigenvalue weighted by Gasteiger charge is 2.42. The summed E-state index contributed by atoms with van der Waals surface area (Å²) in [6, 6.07) is 9.54. The molecule has 0 saturated heterocycles. The molecule has 0 atom stereocenters. The summed E-state index contributed by atoms with van der Waals surface area (Å²) in [5.74, 6) is 1.54. The maximum Gasteiger partial charge on any atom is 0.130 e. The van der Waals surface area contributed by atoms with E-state index in [4.69, 9.17) is 9.47 Å². The number of halogens is 1. The van der Waals surface area contributed by atoms with Crippen LogP contribution in [-0.4, -0.2) is 5.60 Å². The first-order chi connectivity index (χ1) is 12.2. The van der Waals surface area contributed by atoms with Gasteiger partial charge in [0.1, 0.15) is 29.5 Å². The first kappa shape index (κ1) is 15.2. The molecule has 25 heavy (non-hydrogen) atoms. The van der Waals surface area contributed by atoms with E-state index in [0.29, 0.717) is 6.61 Å². The number of benzene rings is 2. The predicted molar refractivity (Wildman–Crippen MR) is 94.7 cm³/mol.